The molecule has 0 saturated carbocycles. The molecule has 1 amide bonds. The van der Waals surface area contributed by atoms with Gasteiger partial charge in [-0.1, -0.05) is 12.1 Å². The highest BCUT2D eigenvalue weighted by atomic mass is 32.2. The van der Waals surface area contributed by atoms with Crippen LogP contribution in [-0.4, -0.2) is 71.4 Å². The maximum Gasteiger partial charge on any atom is 0.246 e. The molecule has 0 spiro atoms. The lowest BCUT2D eigenvalue weighted by Crippen LogP contribution is -2.55. The maximum absolute atomic E-state index is 13.2. The summed E-state index contributed by atoms with van der Waals surface area (Å²) in [5, 5.41) is 0. The summed E-state index contributed by atoms with van der Waals surface area (Å²) >= 11 is 0. The first-order valence-corrected chi connectivity index (χ1v) is 12.5. The lowest BCUT2D eigenvalue weighted by molar-refractivity contribution is -0.132. The summed E-state index contributed by atoms with van der Waals surface area (Å²) in [5.74, 6) is 1.22. The number of piperazine rings is 1. The van der Waals surface area contributed by atoms with E-state index in [-0.39, 0.29) is 5.91 Å². The molecule has 2 aromatic carbocycles. The zero-order valence-corrected chi connectivity index (χ0v) is 19.8. The normalized spacial score (nSPS) is 15.2. The molecule has 9 heteroatoms. The zero-order chi connectivity index (χ0) is 23.3. The number of ether oxygens (including phenoxy) is 2. The van der Waals surface area contributed by atoms with Crippen molar-refractivity contribution in [2.75, 3.05) is 55.4 Å². The van der Waals surface area contributed by atoms with E-state index in [1.165, 1.54) is 4.31 Å². The van der Waals surface area contributed by atoms with E-state index in [1.54, 1.807) is 43.2 Å². The number of rotatable bonds is 8. The molecule has 0 aliphatic carbocycles. The van der Waals surface area contributed by atoms with E-state index >= 15 is 0 Å². The summed E-state index contributed by atoms with van der Waals surface area (Å²) < 4.78 is 37.2. The zero-order valence-electron chi connectivity index (χ0n) is 19.0. The van der Waals surface area contributed by atoms with E-state index in [2.05, 4.69) is 4.90 Å². The van der Waals surface area contributed by atoms with Crippen LogP contribution in [-0.2, 0) is 14.8 Å². The van der Waals surface area contributed by atoms with Crippen LogP contribution >= 0.6 is 0 Å². The molecule has 8 nitrogen and oxygen atoms in total. The number of sulfonamides is 1. The van der Waals surface area contributed by atoms with Crippen molar-refractivity contribution in [3.8, 4) is 11.5 Å². The quantitative estimate of drug-likeness (QED) is 0.601. The van der Waals surface area contributed by atoms with E-state index in [1.807, 2.05) is 31.2 Å². The first kappa shape index (κ1) is 23.7. The molecule has 1 aliphatic rings. The molecule has 1 aliphatic heterocycles. The summed E-state index contributed by atoms with van der Waals surface area (Å²) in [6, 6.07) is 13.7. The van der Waals surface area contributed by atoms with Crippen molar-refractivity contribution in [3.63, 3.8) is 0 Å². The Kier molecular flexibility index (Phi) is 7.50. The second-order valence-electron chi connectivity index (χ2n) is 7.65. The second-order valence-corrected chi connectivity index (χ2v) is 9.51. The third-order valence-electron chi connectivity index (χ3n) is 5.49. The highest BCUT2D eigenvalue weighted by Crippen LogP contribution is 2.29. The molecular weight excluding hydrogens is 430 g/mol. The molecule has 0 aromatic heterocycles. The highest BCUT2D eigenvalue weighted by Gasteiger charge is 2.33. The van der Waals surface area contributed by atoms with Crippen molar-refractivity contribution in [3.05, 3.63) is 48.5 Å². The molecular formula is C23H31N3O5S. The van der Waals surface area contributed by atoms with Crippen LogP contribution < -0.4 is 18.7 Å². The van der Waals surface area contributed by atoms with Crippen LogP contribution in [0.4, 0.5) is 11.4 Å². The lowest BCUT2D eigenvalue weighted by Gasteiger charge is -2.39. The minimum atomic E-state index is -3.67. The number of carbonyl (C=O) groups excluding carboxylic acids is 1. The topological polar surface area (TPSA) is 79.4 Å². The minimum absolute atomic E-state index is 0.219. The monoisotopic (exact) mass is 461 g/mol. The van der Waals surface area contributed by atoms with Crippen molar-refractivity contribution in [1.29, 1.82) is 0 Å². The third-order valence-corrected chi connectivity index (χ3v) is 6.73. The van der Waals surface area contributed by atoms with Gasteiger partial charge in [-0.2, -0.15) is 0 Å². The van der Waals surface area contributed by atoms with Crippen molar-refractivity contribution in [2.24, 2.45) is 0 Å². The molecule has 0 radical (unpaired) electrons. The number of methoxy groups -OCH3 is 1. The molecule has 1 atom stereocenters. The number of para-hydroxylation sites is 2. The van der Waals surface area contributed by atoms with Gasteiger partial charge in [-0.3, -0.25) is 9.10 Å². The Morgan fingerprint density at radius 3 is 2.25 bits per heavy atom. The fourth-order valence-corrected chi connectivity index (χ4v) is 5.15. The average Bonchev–Trinajstić information content (AvgIpc) is 2.79. The van der Waals surface area contributed by atoms with Gasteiger partial charge in [0.25, 0.3) is 0 Å². The standard InChI is InChI=1S/C23H31N3O5S/c1-5-31-20-12-10-19(11-13-20)26(32(4,28)29)18(2)23(27)25-16-14-24(15-17-25)21-8-6-7-9-22(21)30-3/h6-13,18H,5,14-17H2,1-4H3/t18-/m1/s1. The fraction of sp³-hybridized carbons (Fsp3) is 0.435. The van der Waals surface area contributed by atoms with E-state index in [0.29, 0.717) is 44.2 Å². The second kappa shape index (κ2) is 10.1. The van der Waals surface area contributed by atoms with Crippen LogP contribution in [0.2, 0.25) is 0 Å². The fourth-order valence-electron chi connectivity index (χ4n) is 3.98. The number of anilines is 2. The van der Waals surface area contributed by atoms with Gasteiger partial charge in [0.05, 0.1) is 31.3 Å². The number of hydrogen-bond acceptors (Lipinski definition) is 6. The summed E-state index contributed by atoms with van der Waals surface area (Å²) in [7, 11) is -2.03. The number of nitrogens with zero attached hydrogens (tertiary/aromatic N) is 3. The SMILES string of the molecule is CCOc1ccc(N([C@H](C)C(=O)N2CCN(c3ccccc3OC)CC2)S(C)(=O)=O)cc1. The van der Waals surface area contributed by atoms with Gasteiger partial charge in [-0.15, -0.1) is 0 Å². The van der Waals surface area contributed by atoms with Gasteiger partial charge in [0.15, 0.2) is 0 Å². The summed E-state index contributed by atoms with van der Waals surface area (Å²) in [6.07, 6.45) is 1.12. The molecule has 0 N–H and O–H groups in total. The van der Waals surface area contributed by atoms with Gasteiger partial charge in [0, 0.05) is 26.2 Å². The smallest absolute Gasteiger partial charge is 0.246 e. The molecule has 1 fully saturated rings. The van der Waals surface area contributed by atoms with Crippen LogP contribution in [0.15, 0.2) is 48.5 Å². The number of benzene rings is 2. The van der Waals surface area contributed by atoms with E-state index in [9.17, 15) is 13.2 Å². The average molecular weight is 462 g/mol. The van der Waals surface area contributed by atoms with E-state index < -0.39 is 16.1 Å². The molecule has 174 valence electrons. The Hall–Kier alpha value is -2.94. The first-order chi connectivity index (χ1) is 15.3. The van der Waals surface area contributed by atoms with Crippen molar-refractivity contribution < 1.29 is 22.7 Å². The largest absolute Gasteiger partial charge is 0.495 e. The van der Waals surface area contributed by atoms with Crippen molar-refractivity contribution in [2.45, 2.75) is 19.9 Å². The molecule has 2 aromatic rings. The minimum Gasteiger partial charge on any atom is -0.495 e. The van der Waals surface area contributed by atoms with Crippen LogP contribution in [0.1, 0.15) is 13.8 Å². The van der Waals surface area contributed by atoms with Gasteiger partial charge >= 0.3 is 0 Å². The molecule has 0 bridgehead atoms. The first-order valence-electron chi connectivity index (χ1n) is 10.6. The van der Waals surface area contributed by atoms with E-state index in [0.717, 1.165) is 17.7 Å². The summed E-state index contributed by atoms with van der Waals surface area (Å²) in [5.41, 5.74) is 1.42. The Labute approximate surface area is 190 Å². The molecule has 1 saturated heterocycles. The Morgan fingerprint density at radius 1 is 1.06 bits per heavy atom. The predicted molar refractivity (Wildman–Crippen MR) is 126 cm³/mol. The molecule has 32 heavy (non-hydrogen) atoms. The lowest BCUT2D eigenvalue weighted by atomic mass is 10.2. The number of carbonyl (C=O) groups is 1. The molecule has 3 rings (SSSR count). The summed E-state index contributed by atoms with van der Waals surface area (Å²) in [6.45, 7) is 6.31. The van der Waals surface area contributed by atoms with Crippen molar-refractivity contribution >= 4 is 27.3 Å². The van der Waals surface area contributed by atoms with Crippen molar-refractivity contribution in [1.82, 2.24) is 4.90 Å². The Balaban J connectivity index is 1.73. The van der Waals surface area contributed by atoms with Crippen LogP contribution in [0.25, 0.3) is 0 Å². The predicted octanol–water partition coefficient (Wildman–Crippen LogP) is 2.60. The van der Waals surface area contributed by atoms with Crippen LogP contribution in [0.3, 0.4) is 0 Å². The van der Waals surface area contributed by atoms with Gasteiger partial charge < -0.3 is 19.3 Å². The maximum atomic E-state index is 13.2. The van der Waals surface area contributed by atoms with Gasteiger partial charge in [0.1, 0.15) is 17.5 Å². The number of hydrogen-bond donors (Lipinski definition) is 0. The number of amides is 1. The third kappa shape index (κ3) is 5.27. The molecule has 0 unspecified atom stereocenters. The van der Waals surface area contributed by atoms with Crippen LogP contribution in [0.5, 0.6) is 11.5 Å². The van der Waals surface area contributed by atoms with Crippen LogP contribution in [0, 0.1) is 0 Å². The molecule has 1 heterocycles. The summed E-state index contributed by atoms with van der Waals surface area (Å²) in [4.78, 5) is 17.1. The van der Waals surface area contributed by atoms with E-state index in [4.69, 9.17) is 9.47 Å². The van der Waals surface area contributed by atoms with Gasteiger partial charge in [-0.25, -0.2) is 8.42 Å². The Bertz CT molecular complexity index is 1020. The highest BCUT2D eigenvalue weighted by molar-refractivity contribution is 7.92. The Morgan fingerprint density at radius 2 is 1.69 bits per heavy atom. The van der Waals surface area contributed by atoms with Gasteiger partial charge in [0.2, 0.25) is 15.9 Å². The van der Waals surface area contributed by atoms with Gasteiger partial charge in [-0.05, 0) is 50.2 Å².